The molecule has 6 heteroatoms. The summed E-state index contributed by atoms with van der Waals surface area (Å²) in [6, 6.07) is 16.9. The summed E-state index contributed by atoms with van der Waals surface area (Å²) in [5, 5.41) is 5.91. The van der Waals surface area contributed by atoms with E-state index in [0.717, 1.165) is 21.0 Å². The number of anilines is 1. The molecule has 0 radical (unpaired) electrons. The summed E-state index contributed by atoms with van der Waals surface area (Å²) in [6.07, 6.45) is 2.41. The molecule has 0 bridgehead atoms. The summed E-state index contributed by atoms with van der Waals surface area (Å²) in [7, 11) is 0. The van der Waals surface area contributed by atoms with E-state index in [9.17, 15) is 9.59 Å². The number of hydrogen-bond acceptors (Lipinski definition) is 4. The van der Waals surface area contributed by atoms with Crippen LogP contribution >= 0.6 is 11.8 Å². The van der Waals surface area contributed by atoms with Gasteiger partial charge < -0.3 is 10.6 Å². The molecule has 0 atom stereocenters. The minimum absolute atomic E-state index is 0.155. The van der Waals surface area contributed by atoms with Gasteiger partial charge in [-0.05, 0) is 48.9 Å². The first kappa shape index (κ1) is 18.3. The molecule has 2 heterocycles. The molecule has 0 spiro atoms. The fourth-order valence-electron chi connectivity index (χ4n) is 3.16. The molecule has 1 aliphatic rings. The zero-order valence-electron chi connectivity index (χ0n) is 15.4. The third-order valence-electron chi connectivity index (χ3n) is 4.65. The summed E-state index contributed by atoms with van der Waals surface area (Å²) in [5.41, 5.74) is 3.60. The maximum atomic E-state index is 12.7. The molecule has 1 aromatic heterocycles. The van der Waals surface area contributed by atoms with Crippen LogP contribution in [0.3, 0.4) is 0 Å². The first-order valence-corrected chi connectivity index (χ1v) is 9.85. The van der Waals surface area contributed by atoms with Crippen LogP contribution in [0.1, 0.15) is 32.0 Å². The van der Waals surface area contributed by atoms with Crippen molar-refractivity contribution in [2.45, 2.75) is 23.1 Å². The van der Waals surface area contributed by atoms with Crippen molar-refractivity contribution in [2.75, 3.05) is 11.9 Å². The van der Waals surface area contributed by atoms with Gasteiger partial charge in [0.25, 0.3) is 11.8 Å². The van der Waals surface area contributed by atoms with E-state index in [-0.39, 0.29) is 11.8 Å². The van der Waals surface area contributed by atoms with Crippen molar-refractivity contribution in [1.29, 1.82) is 0 Å². The molecule has 28 heavy (non-hydrogen) atoms. The predicted molar refractivity (Wildman–Crippen MR) is 110 cm³/mol. The molecular formula is C22H19N3O2S. The average molecular weight is 389 g/mol. The number of rotatable bonds is 4. The molecule has 3 aromatic rings. The van der Waals surface area contributed by atoms with Gasteiger partial charge >= 0.3 is 0 Å². The highest BCUT2D eigenvalue weighted by Gasteiger charge is 2.23. The third-order valence-corrected chi connectivity index (χ3v) is 5.79. The Morgan fingerprint density at radius 2 is 1.89 bits per heavy atom. The van der Waals surface area contributed by atoms with Gasteiger partial charge in [-0.3, -0.25) is 14.6 Å². The maximum Gasteiger partial charge on any atom is 0.256 e. The van der Waals surface area contributed by atoms with Crippen LogP contribution in [-0.4, -0.2) is 23.3 Å². The fraction of sp³-hybridized carbons (Fsp3) is 0.136. The molecule has 0 aliphatic carbocycles. The molecule has 1 aliphatic heterocycles. The molecule has 4 rings (SSSR count). The van der Waals surface area contributed by atoms with E-state index in [1.807, 2.05) is 61.5 Å². The summed E-state index contributed by atoms with van der Waals surface area (Å²) in [4.78, 5) is 31.4. The highest BCUT2D eigenvalue weighted by atomic mass is 32.2. The molecular weight excluding hydrogens is 370 g/mol. The quantitative estimate of drug-likeness (QED) is 0.705. The van der Waals surface area contributed by atoms with Crippen molar-refractivity contribution >= 4 is 29.3 Å². The van der Waals surface area contributed by atoms with E-state index >= 15 is 0 Å². The standard InChI is InChI=1S/C22H19N3O2S/c1-14-16(21(26)24-13-11-15-6-4-5-12-23-15)9-10-19-20(14)25-22(27)17-7-2-3-8-18(17)28-19/h2-10,12H,11,13H2,1H3,(H,24,26)(H,25,27). The van der Waals surface area contributed by atoms with Crippen LogP contribution in [0.4, 0.5) is 5.69 Å². The summed E-state index contributed by atoms with van der Waals surface area (Å²) in [6.45, 7) is 2.36. The first-order chi connectivity index (χ1) is 13.6. The molecule has 0 saturated heterocycles. The number of hydrogen-bond donors (Lipinski definition) is 2. The Morgan fingerprint density at radius 3 is 2.71 bits per heavy atom. The highest BCUT2D eigenvalue weighted by molar-refractivity contribution is 7.99. The molecule has 2 aromatic carbocycles. The Kier molecular flexibility index (Phi) is 5.12. The topological polar surface area (TPSA) is 71.1 Å². The van der Waals surface area contributed by atoms with Crippen LogP contribution in [0, 0.1) is 6.92 Å². The zero-order valence-corrected chi connectivity index (χ0v) is 16.2. The molecule has 2 N–H and O–H groups in total. The van der Waals surface area contributed by atoms with Gasteiger partial charge in [0.1, 0.15) is 0 Å². The van der Waals surface area contributed by atoms with Crippen LogP contribution in [0.2, 0.25) is 0 Å². The normalized spacial score (nSPS) is 12.4. The Morgan fingerprint density at radius 1 is 1.07 bits per heavy atom. The maximum absolute atomic E-state index is 12.7. The number of aromatic nitrogens is 1. The smallest absolute Gasteiger partial charge is 0.256 e. The van der Waals surface area contributed by atoms with Crippen molar-refractivity contribution in [3.63, 3.8) is 0 Å². The number of nitrogens with zero attached hydrogens (tertiary/aromatic N) is 1. The van der Waals surface area contributed by atoms with E-state index in [4.69, 9.17) is 0 Å². The molecule has 140 valence electrons. The van der Waals surface area contributed by atoms with Gasteiger partial charge in [-0.1, -0.05) is 30.0 Å². The SMILES string of the molecule is Cc1c(C(=O)NCCc2ccccn2)ccc2c1NC(=O)c1ccccc1S2. The average Bonchev–Trinajstić information content (AvgIpc) is 2.86. The van der Waals surface area contributed by atoms with E-state index in [1.54, 1.807) is 6.20 Å². The lowest BCUT2D eigenvalue weighted by atomic mass is 10.1. The minimum Gasteiger partial charge on any atom is -0.352 e. The van der Waals surface area contributed by atoms with Gasteiger partial charge in [-0.25, -0.2) is 0 Å². The fourth-order valence-corrected chi connectivity index (χ4v) is 4.26. The van der Waals surface area contributed by atoms with Gasteiger partial charge in [0, 0.05) is 40.2 Å². The van der Waals surface area contributed by atoms with Crippen molar-refractivity contribution in [2.24, 2.45) is 0 Å². The Labute approximate surface area is 167 Å². The van der Waals surface area contributed by atoms with Gasteiger partial charge in [0.05, 0.1) is 11.3 Å². The molecule has 0 fully saturated rings. The summed E-state index contributed by atoms with van der Waals surface area (Å²) >= 11 is 1.53. The van der Waals surface area contributed by atoms with Gasteiger partial charge in [0.15, 0.2) is 0 Å². The second-order valence-corrected chi connectivity index (χ2v) is 7.57. The number of amides is 2. The Hall–Kier alpha value is -3.12. The van der Waals surface area contributed by atoms with E-state index in [2.05, 4.69) is 15.6 Å². The second-order valence-electron chi connectivity index (χ2n) is 6.49. The Bertz CT molecular complexity index is 1050. The van der Waals surface area contributed by atoms with Crippen LogP contribution in [0.15, 0.2) is 70.6 Å². The summed E-state index contributed by atoms with van der Waals surface area (Å²) in [5.74, 6) is -0.310. The summed E-state index contributed by atoms with van der Waals surface area (Å²) < 4.78 is 0. The third kappa shape index (κ3) is 3.64. The first-order valence-electron chi connectivity index (χ1n) is 9.03. The van der Waals surface area contributed by atoms with Crippen LogP contribution in [-0.2, 0) is 6.42 Å². The lowest BCUT2D eigenvalue weighted by Gasteiger charge is -2.14. The van der Waals surface area contributed by atoms with Crippen LogP contribution in [0.25, 0.3) is 0 Å². The highest BCUT2D eigenvalue weighted by Crippen LogP contribution is 2.40. The van der Waals surface area contributed by atoms with Crippen LogP contribution in [0.5, 0.6) is 0 Å². The van der Waals surface area contributed by atoms with Gasteiger partial charge in [-0.15, -0.1) is 0 Å². The number of nitrogens with one attached hydrogen (secondary N) is 2. The van der Waals surface area contributed by atoms with Crippen molar-refractivity contribution < 1.29 is 9.59 Å². The largest absolute Gasteiger partial charge is 0.352 e. The second kappa shape index (κ2) is 7.86. The number of carbonyl (C=O) groups excluding carboxylic acids is 2. The number of pyridine rings is 1. The van der Waals surface area contributed by atoms with Crippen molar-refractivity contribution in [3.05, 3.63) is 83.2 Å². The molecule has 5 nitrogen and oxygen atoms in total. The van der Waals surface area contributed by atoms with Crippen LogP contribution < -0.4 is 10.6 Å². The minimum atomic E-state index is -0.155. The van der Waals surface area contributed by atoms with E-state index in [0.29, 0.717) is 29.8 Å². The lowest BCUT2D eigenvalue weighted by Crippen LogP contribution is -2.27. The molecule has 0 unspecified atom stereocenters. The van der Waals surface area contributed by atoms with Crippen molar-refractivity contribution in [1.82, 2.24) is 10.3 Å². The van der Waals surface area contributed by atoms with Crippen molar-refractivity contribution in [3.8, 4) is 0 Å². The molecule has 2 amide bonds. The predicted octanol–water partition coefficient (Wildman–Crippen LogP) is 4.08. The van der Waals surface area contributed by atoms with E-state index in [1.165, 1.54) is 11.8 Å². The Balaban J connectivity index is 1.53. The number of fused-ring (bicyclic) bond motifs is 2. The monoisotopic (exact) mass is 389 g/mol. The van der Waals surface area contributed by atoms with E-state index < -0.39 is 0 Å². The van der Waals surface area contributed by atoms with Gasteiger partial charge in [0.2, 0.25) is 0 Å². The number of benzene rings is 2. The number of carbonyl (C=O) groups is 2. The van der Waals surface area contributed by atoms with Gasteiger partial charge in [-0.2, -0.15) is 0 Å². The molecule has 0 saturated carbocycles. The zero-order chi connectivity index (χ0) is 19.5. The lowest BCUT2D eigenvalue weighted by molar-refractivity contribution is 0.0951.